The fourth-order valence-corrected chi connectivity index (χ4v) is 5.78. The van der Waals surface area contributed by atoms with Gasteiger partial charge in [0.1, 0.15) is 5.82 Å². The highest BCUT2D eigenvalue weighted by Gasteiger charge is 2.33. The van der Waals surface area contributed by atoms with Crippen molar-refractivity contribution in [1.82, 2.24) is 29.8 Å². The molecule has 7 nitrogen and oxygen atoms in total. The van der Waals surface area contributed by atoms with E-state index in [2.05, 4.69) is 75.9 Å². The Bertz CT molecular complexity index is 1310. The molecule has 0 saturated carbocycles. The zero-order valence-corrected chi connectivity index (χ0v) is 22.8. The molecule has 0 bridgehead atoms. The van der Waals surface area contributed by atoms with Crippen LogP contribution in [0.1, 0.15) is 44.4 Å². The van der Waals surface area contributed by atoms with Gasteiger partial charge in [0, 0.05) is 44.5 Å². The predicted octanol–water partition coefficient (Wildman–Crippen LogP) is 5.86. The van der Waals surface area contributed by atoms with E-state index in [1.54, 1.807) is 7.11 Å². The van der Waals surface area contributed by atoms with Crippen LogP contribution < -0.4 is 4.74 Å². The SMILES string of the molecule is COc1ccc2[nH]c(C[C@@H]3C[C@@H](C(C)C)[C@H](CN(Cc4ccccn4)Cc4ccccn4)C=C3C)nc2n1. The first kappa shape index (κ1) is 26.0. The standard InChI is InChI=1S/C31H38N6O/c1-21(2)27-16-23(17-29-34-28-11-12-30(38-4)36-31(28)35-29)22(3)15-24(27)18-37(19-25-9-5-7-13-32-25)20-26-10-6-8-14-33-26/h5-15,21,23-24,27H,16-20H2,1-4H3,(H,34,35,36)/t23-,24-,27-/m0/s1. The first-order valence-corrected chi connectivity index (χ1v) is 13.6. The first-order chi connectivity index (χ1) is 18.5. The summed E-state index contributed by atoms with van der Waals surface area (Å²) in [5.41, 5.74) is 5.31. The van der Waals surface area contributed by atoms with Gasteiger partial charge in [0.2, 0.25) is 5.88 Å². The fraction of sp³-hybridized carbons (Fsp3) is 0.419. The Balaban J connectivity index is 1.35. The van der Waals surface area contributed by atoms with Crippen molar-refractivity contribution >= 4 is 11.2 Å². The molecule has 0 radical (unpaired) electrons. The van der Waals surface area contributed by atoms with Crippen LogP contribution >= 0.6 is 0 Å². The van der Waals surface area contributed by atoms with E-state index >= 15 is 0 Å². The van der Waals surface area contributed by atoms with Crippen molar-refractivity contribution in [2.45, 2.75) is 46.7 Å². The Morgan fingerprint density at radius 2 is 1.68 bits per heavy atom. The normalized spacial score (nSPS) is 19.7. The molecule has 1 aliphatic rings. The van der Waals surface area contributed by atoms with E-state index in [4.69, 9.17) is 9.72 Å². The van der Waals surface area contributed by atoms with Crippen LogP contribution in [0.15, 0.2) is 72.6 Å². The Labute approximate surface area is 225 Å². The number of nitrogens with zero attached hydrogens (tertiary/aromatic N) is 5. The van der Waals surface area contributed by atoms with Gasteiger partial charge in [-0.3, -0.25) is 14.9 Å². The van der Waals surface area contributed by atoms with Crippen LogP contribution in [0, 0.1) is 23.7 Å². The zero-order chi connectivity index (χ0) is 26.5. The molecule has 1 N–H and O–H groups in total. The van der Waals surface area contributed by atoms with E-state index in [-0.39, 0.29) is 0 Å². The highest BCUT2D eigenvalue weighted by Crippen LogP contribution is 2.39. The molecule has 0 aromatic carbocycles. The lowest BCUT2D eigenvalue weighted by Crippen LogP contribution is -2.37. The zero-order valence-electron chi connectivity index (χ0n) is 22.8. The molecule has 0 amide bonds. The van der Waals surface area contributed by atoms with Crippen LogP contribution in [-0.2, 0) is 19.5 Å². The molecule has 0 aliphatic heterocycles. The number of H-pyrrole nitrogens is 1. The molecule has 0 saturated heterocycles. The van der Waals surface area contributed by atoms with Crippen molar-refractivity contribution in [3.05, 3.63) is 89.8 Å². The summed E-state index contributed by atoms with van der Waals surface area (Å²) in [5, 5.41) is 0. The summed E-state index contributed by atoms with van der Waals surface area (Å²) < 4.78 is 5.27. The van der Waals surface area contributed by atoms with Gasteiger partial charge in [-0.05, 0) is 67.3 Å². The number of pyridine rings is 3. The number of fused-ring (bicyclic) bond motifs is 1. The van der Waals surface area contributed by atoms with Crippen LogP contribution in [0.2, 0.25) is 0 Å². The minimum absolute atomic E-state index is 0.459. The minimum atomic E-state index is 0.459. The van der Waals surface area contributed by atoms with Gasteiger partial charge in [-0.1, -0.05) is 37.6 Å². The van der Waals surface area contributed by atoms with E-state index in [1.807, 2.05) is 36.7 Å². The van der Waals surface area contributed by atoms with Crippen molar-refractivity contribution in [2.24, 2.45) is 23.7 Å². The van der Waals surface area contributed by atoms with E-state index in [0.717, 1.165) is 60.9 Å². The van der Waals surface area contributed by atoms with Gasteiger partial charge >= 0.3 is 0 Å². The quantitative estimate of drug-likeness (QED) is 0.269. The summed E-state index contributed by atoms with van der Waals surface area (Å²) in [5.74, 6) is 3.68. The second-order valence-electron chi connectivity index (χ2n) is 10.8. The maximum Gasteiger partial charge on any atom is 0.215 e. The Morgan fingerprint density at radius 1 is 0.974 bits per heavy atom. The van der Waals surface area contributed by atoms with Crippen molar-refractivity contribution in [2.75, 3.05) is 13.7 Å². The molecule has 7 heteroatoms. The number of rotatable bonds is 10. The summed E-state index contributed by atoms with van der Waals surface area (Å²) in [6.45, 7) is 9.62. The van der Waals surface area contributed by atoms with E-state index in [1.165, 1.54) is 5.57 Å². The van der Waals surface area contributed by atoms with Crippen molar-refractivity contribution in [1.29, 1.82) is 0 Å². The second-order valence-corrected chi connectivity index (χ2v) is 10.8. The number of nitrogens with one attached hydrogen (secondary N) is 1. The second kappa shape index (κ2) is 11.9. The van der Waals surface area contributed by atoms with Gasteiger partial charge in [0.15, 0.2) is 5.65 Å². The van der Waals surface area contributed by atoms with Gasteiger partial charge in [-0.2, -0.15) is 4.98 Å². The van der Waals surface area contributed by atoms with Gasteiger partial charge in [0.25, 0.3) is 0 Å². The Morgan fingerprint density at radius 3 is 2.29 bits per heavy atom. The number of ether oxygens (including phenoxy) is 1. The fourth-order valence-electron chi connectivity index (χ4n) is 5.78. The number of imidazole rings is 1. The molecule has 5 rings (SSSR count). The highest BCUT2D eigenvalue weighted by molar-refractivity contribution is 5.71. The Hall–Kier alpha value is -3.58. The predicted molar refractivity (Wildman–Crippen MR) is 150 cm³/mol. The molecule has 4 aromatic rings. The number of methoxy groups -OCH3 is 1. The molecule has 4 heterocycles. The number of aromatic nitrogens is 5. The number of allylic oxidation sites excluding steroid dienone is 1. The molecular formula is C31H38N6O. The van der Waals surface area contributed by atoms with E-state index < -0.39 is 0 Å². The van der Waals surface area contributed by atoms with E-state index in [9.17, 15) is 0 Å². The maximum atomic E-state index is 5.27. The monoisotopic (exact) mass is 510 g/mol. The van der Waals surface area contributed by atoms with Gasteiger partial charge in [-0.15, -0.1) is 0 Å². The van der Waals surface area contributed by atoms with Crippen molar-refractivity contribution in [3.63, 3.8) is 0 Å². The van der Waals surface area contributed by atoms with Crippen molar-refractivity contribution in [3.8, 4) is 5.88 Å². The summed E-state index contributed by atoms with van der Waals surface area (Å²) in [4.78, 5) is 24.5. The molecular weight excluding hydrogens is 472 g/mol. The maximum absolute atomic E-state index is 5.27. The molecule has 0 spiro atoms. The largest absolute Gasteiger partial charge is 0.481 e. The third-order valence-electron chi connectivity index (χ3n) is 7.79. The first-order valence-electron chi connectivity index (χ1n) is 13.6. The van der Waals surface area contributed by atoms with Gasteiger partial charge in [0.05, 0.1) is 24.0 Å². The average Bonchev–Trinajstić information content (AvgIpc) is 3.32. The van der Waals surface area contributed by atoms with Crippen LogP contribution in [0.25, 0.3) is 11.2 Å². The highest BCUT2D eigenvalue weighted by atomic mass is 16.5. The molecule has 3 atom stereocenters. The Kier molecular flexibility index (Phi) is 8.13. The van der Waals surface area contributed by atoms with Gasteiger partial charge in [-0.25, -0.2) is 4.98 Å². The van der Waals surface area contributed by atoms with Crippen LogP contribution in [-0.4, -0.2) is 43.5 Å². The van der Waals surface area contributed by atoms with Crippen LogP contribution in [0.4, 0.5) is 0 Å². The third kappa shape index (κ3) is 6.27. The molecule has 0 fully saturated rings. The number of hydrogen-bond acceptors (Lipinski definition) is 6. The lowest BCUT2D eigenvalue weighted by molar-refractivity contribution is 0.149. The summed E-state index contributed by atoms with van der Waals surface area (Å²) in [7, 11) is 1.63. The van der Waals surface area contributed by atoms with Crippen LogP contribution in [0.3, 0.4) is 0 Å². The summed E-state index contributed by atoms with van der Waals surface area (Å²) in [6, 6.07) is 16.2. The van der Waals surface area contributed by atoms with E-state index in [0.29, 0.717) is 29.6 Å². The molecule has 4 aromatic heterocycles. The number of hydrogen-bond donors (Lipinski definition) is 1. The molecule has 38 heavy (non-hydrogen) atoms. The van der Waals surface area contributed by atoms with Crippen molar-refractivity contribution < 1.29 is 4.74 Å². The molecule has 198 valence electrons. The smallest absolute Gasteiger partial charge is 0.215 e. The number of aromatic amines is 1. The minimum Gasteiger partial charge on any atom is -0.481 e. The van der Waals surface area contributed by atoms with Gasteiger partial charge < -0.3 is 9.72 Å². The third-order valence-corrected chi connectivity index (χ3v) is 7.79. The summed E-state index contributed by atoms with van der Waals surface area (Å²) in [6.07, 6.45) is 8.34. The summed E-state index contributed by atoms with van der Waals surface area (Å²) >= 11 is 0. The topological polar surface area (TPSA) is 79.8 Å². The molecule has 1 aliphatic carbocycles. The lowest BCUT2D eigenvalue weighted by atomic mass is 9.69. The average molecular weight is 511 g/mol. The molecule has 0 unspecified atom stereocenters. The lowest BCUT2D eigenvalue weighted by Gasteiger charge is -2.39. The van der Waals surface area contributed by atoms with Crippen LogP contribution in [0.5, 0.6) is 5.88 Å².